The van der Waals surface area contributed by atoms with E-state index in [-0.39, 0.29) is 5.78 Å². The van der Waals surface area contributed by atoms with Gasteiger partial charge in [0.15, 0.2) is 6.20 Å². The second kappa shape index (κ2) is 20.5. The first kappa shape index (κ1) is 59.3. The predicted octanol–water partition coefficient (Wildman–Crippen LogP) is 14.9. The van der Waals surface area contributed by atoms with E-state index in [2.05, 4.69) is 0 Å². The molecule has 0 amide bonds. The highest BCUT2D eigenvalue weighted by molar-refractivity contribution is 7.20. The highest BCUT2D eigenvalue weighted by Gasteiger charge is 2.47. The number of carbonyl (C=O) groups is 1. The number of aromatic nitrogens is 1. The van der Waals surface area contributed by atoms with Gasteiger partial charge >= 0.3 is 49.4 Å². The maximum Gasteiger partial charge on any atom is 0.416 e. The molecule has 6 aromatic carbocycles. The monoisotopic (exact) mass is 1150 g/mol. The molecule has 0 N–H and O–H groups in total. The number of halogens is 25. The first-order chi connectivity index (χ1) is 35.0. The summed E-state index contributed by atoms with van der Waals surface area (Å²) >= 11 is 6.00. The Morgan fingerprint density at radius 2 is 0.649 bits per heavy atom. The molecule has 2 nitrogen and oxygen atoms in total. The van der Waals surface area contributed by atoms with Crippen molar-refractivity contribution in [2.75, 3.05) is 0 Å². The Kier molecular flexibility index (Phi) is 15.8. The van der Waals surface area contributed by atoms with E-state index in [4.69, 9.17) is 11.6 Å². The van der Waals surface area contributed by atoms with Crippen molar-refractivity contribution in [3.8, 4) is 0 Å². The molecule has 0 fully saturated rings. The summed E-state index contributed by atoms with van der Waals surface area (Å²) in [6, 6.07) is 10.1. The van der Waals surface area contributed by atoms with Crippen molar-refractivity contribution >= 4 is 56.3 Å². The molecule has 0 spiro atoms. The second-order valence-electron chi connectivity index (χ2n) is 16.9. The van der Waals surface area contributed by atoms with E-state index in [1.54, 1.807) is 0 Å². The number of alkyl halides is 24. The summed E-state index contributed by atoms with van der Waals surface area (Å²) in [5.41, 5.74) is -28.5. The molecule has 0 aliphatic heterocycles. The number of rotatable bonds is 7. The molecule has 77 heavy (non-hydrogen) atoms. The minimum Gasteiger partial charge on any atom is -0.287 e. The van der Waals surface area contributed by atoms with E-state index in [0.717, 1.165) is 16.5 Å². The summed E-state index contributed by atoms with van der Waals surface area (Å²) in [6.07, 6.45) is -52.9. The van der Waals surface area contributed by atoms with Crippen LogP contribution < -0.4 is 26.4 Å². The van der Waals surface area contributed by atoms with Crippen LogP contribution in [0, 0.1) is 0 Å². The van der Waals surface area contributed by atoms with Gasteiger partial charge < -0.3 is 0 Å². The smallest absolute Gasteiger partial charge is 0.287 e. The van der Waals surface area contributed by atoms with Gasteiger partial charge in [-0.3, -0.25) is 4.79 Å². The summed E-state index contributed by atoms with van der Waals surface area (Å²) in [5.74, 6) is 0.0954. The first-order valence-electron chi connectivity index (χ1n) is 21.0. The molecule has 0 aliphatic carbocycles. The summed E-state index contributed by atoms with van der Waals surface area (Å²) in [6.45, 7) is 0.322. The van der Waals surface area contributed by atoms with Gasteiger partial charge in [0.05, 0.1) is 44.5 Å². The number of Topliss-reactive ketones (excluding diaryl/α,β-unsaturated/α-hetero) is 1. The summed E-state index contributed by atoms with van der Waals surface area (Å²) in [4.78, 5) is 12.3. The highest BCUT2D eigenvalue weighted by Crippen LogP contribution is 2.41. The van der Waals surface area contributed by atoms with E-state index < -0.39 is 195 Å². The lowest BCUT2D eigenvalue weighted by atomic mass is 9.12. The maximum atomic E-state index is 14.2. The molecule has 0 aliphatic rings. The number of hydrogen-bond donors (Lipinski definition) is 0. The van der Waals surface area contributed by atoms with Gasteiger partial charge in [-0.05, 0) is 42.5 Å². The highest BCUT2D eigenvalue weighted by atomic mass is 35.5. The Morgan fingerprint density at radius 1 is 0.364 bits per heavy atom. The van der Waals surface area contributed by atoms with Gasteiger partial charge in [0.25, 0.3) is 0 Å². The zero-order valence-corrected chi connectivity index (χ0v) is 38.1. The second-order valence-corrected chi connectivity index (χ2v) is 17.3. The Balaban J connectivity index is 0.000000397. The number of nitrogens with zero attached hydrogens (tertiary/aromatic N) is 1. The van der Waals surface area contributed by atoms with Gasteiger partial charge in [0.2, 0.25) is 17.8 Å². The molecule has 0 radical (unpaired) electrons. The molecule has 1 aromatic heterocycles. The van der Waals surface area contributed by atoms with E-state index in [9.17, 15) is 110 Å². The van der Waals surface area contributed by atoms with E-state index in [1.807, 2.05) is 71.4 Å². The number of carbonyl (C=O) groups excluding carboxylic acids is 1. The Bertz CT molecular complexity index is 2870. The average Bonchev–Trinajstić information content (AvgIpc) is 3.29. The number of hydrogen-bond acceptors (Lipinski definition) is 1. The number of ketones is 1. The van der Waals surface area contributed by atoms with E-state index in [0.29, 0.717) is 11.6 Å². The fourth-order valence-electron chi connectivity index (χ4n) is 8.33. The van der Waals surface area contributed by atoms with Gasteiger partial charge in [-0.25, -0.2) is 0 Å². The van der Waals surface area contributed by atoms with Crippen LogP contribution in [0.5, 0.6) is 0 Å². The van der Waals surface area contributed by atoms with E-state index >= 15 is 0 Å². The van der Waals surface area contributed by atoms with Crippen LogP contribution >= 0.6 is 11.6 Å². The summed E-state index contributed by atoms with van der Waals surface area (Å²) in [7, 11) is 0. The lowest BCUT2D eigenvalue weighted by Crippen LogP contribution is -2.75. The minimum absolute atomic E-state index is 0.0954. The van der Waals surface area contributed by atoms with Crippen molar-refractivity contribution < 1.29 is 115 Å². The molecule has 7 aromatic rings. The maximum absolute atomic E-state index is 14.2. The molecule has 0 saturated heterocycles. The third-order valence-electron chi connectivity index (χ3n) is 11.7. The standard InChI is InChI=1S/C32H12BF24.C17H13ClNO/c34-25(35,36)13-1-14(26(37,38)39)6-21(5-13)33(22-7-15(27(40,41)42)2-16(8-22)28(43,44)45,23-9-17(29(46,47)48)3-18(10-23)30(49,50)51)24-11-19(31(52,53)54)4-20(12-24)32(55,56)57;18-15-8-9-16-14(11-15)7-4-10-19(16)12-17(20)13-5-2-1-3-6-13/h1-12H;1-11H,12H2/q-1;+1. The average molecular weight is 1150 g/mol. The minimum atomic E-state index is -6.13. The molecule has 0 bridgehead atoms. The van der Waals surface area contributed by atoms with Gasteiger partial charge in [-0.2, -0.15) is 132 Å². The molecule has 28 heteroatoms. The van der Waals surface area contributed by atoms with Gasteiger partial charge in [0.1, 0.15) is 6.15 Å². The molecule has 1 heterocycles. The number of benzene rings is 6. The molecule has 410 valence electrons. The number of pyridine rings is 1. The van der Waals surface area contributed by atoms with Crippen LogP contribution in [0.15, 0.2) is 140 Å². The SMILES string of the molecule is FC(F)(F)c1cc([B-](c2cc(C(F)(F)F)cc(C(F)(F)F)c2)(c2cc(C(F)(F)F)cc(C(F)(F)F)c2)c2cc(C(F)(F)F)cc(C(F)(F)F)c2)cc(C(F)(F)F)c1.O=C(C[n+]1cccc2cc(Cl)ccc21)c1ccccc1. The normalized spacial score (nSPS) is 13.4. The van der Waals surface area contributed by atoms with Crippen molar-refractivity contribution in [1.29, 1.82) is 0 Å². The predicted molar refractivity (Wildman–Crippen MR) is 230 cm³/mol. The van der Waals surface area contributed by atoms with Crippen molar-refractivity contribution in [1.82, 2.24) is 0 Å². The van der Waals surface area contributed by atoms with Crippen molar-refractivity contribution in [3.05, 3.63) is 195 Å². The molecule has 0 atom stereocenters. The molecule has 7 rings (SSSR count). The van der Waals surface area contributed by atoms with Crippen molar-refractivity contribution in [3.63, 3.8) is 0 Å². The van der Waals surface area contributed by atoms with Gasteiger partial charge in [0, 0.05) is 28.1 Å². The van der Waals surface area contributed by atoms with Gasteiger partial charge in [-0.1, -0.05) is 90.5 Å². The quantitative estimate of drug-likeness (QED) is 0.0674. The molecular weight excluding hydrogens is 1120 g/mol. The third kappa shape index (κ3) is 13.4. The Labute approximate surface area is 421 Å². The van der Waals surface area contributed by atoms with Crippen LogP contribution in [-0.4, -0.2) is 11.9 Å². The van der Waals surface area contributed by atoms with Crippen molar-refractivity contribution in [2.45, 2.75) is 56.0 Å². The van der Waals surface area contributed by atoms with Crippen LogP contribution in [0.2, 0.25) is 5.02 Å². The molecule has 0 unspecified atom stereocenters. The zero-order chi connectivity index (χ0) is 57.9. The van der Waals surface area contributed by atoms with E-state index in [1.165, 1.54) is 0 Å². The fraction of sp³-hybridized carbons (Fsp3) is 0.184. The fourth-order valence-corrected chi connectivity index (χ4v) is 8.51. The summed E-state index contributed by atoms with van der Waals surface area (Å²) in [5, 5.41) is 1.73. The van der Waals surface area contributed by atoms with Crippen LogP contribution in [0.3, 0.4) is 0 Å². The molecular formula is C49H25BClF24NO. The van der Waals surface area contributed by atoms with Crippen LogP contribution in [0.4, 0.5) is 105 Å². The largest absolute Gasteiger partial charge is 0.416 e. The van der Waals surface area contributed by atoms with Crippen molar-refractivity contribution in [2.24, 2.45) is 0 Å². The zero-order valence-electron chi connectivity index (χ0n) is 37.4. The third-order valence-corrected chi connectivity index (χ3v) is 11.9. The Morgan fingerprint density at radius 3 is 0.922 bits per heavy atom. The number of fused-ring (bicyclic) bond motifs is 1. The topological polar surface area (TPSA) is 20.9 Å². The molecule has 0 saturated carbocycles. The lowest BCUT2D eigenvalue weighted by Gasteiger charge is -2.46. The summed E-state index contributed by atoms with van der Waals surface area (Å²) < 4.78 is 343. The lowest BCUT2D eigenvalue weighted by molar-refractivity contribution is -0.657. The Hall–Kier alpha value is -6.93. The first-order valence-corrected chi connectivity index (χ1v) is 21.4. The van der Waals surface area contributed by atoms with Gasteiger partial charge in [-0.15, -0.1) is 0 Å². The van der Waals surface area contributed by atoms with Crippen LogP contribution in [-0.2, 0) is 56.0 Å². The van der Waals surface area contributed by atoms with Crippen LogP contribution in [0.1, 0.15) is 54.9 Å². The van der Waals surface area contributed by atoms with Crippen LogP contribution in [0.25, 0.3) is 10.9 Å².